The van der Waals surface area contributed by atoms with Gasteiger partial charge in [-0.25, -0.2) is 13.6 Å². The molecule has 1 atom stereocenters. The molecular formula is C9H14BrN3O3S. The van der Waals surface area contributed by atoms with E-state index in [1.807, 2.05) is 0 Å². The van der Waals surface area contributed by atoms with Crippen LogP contribution in [0.1, 0.15) is 17.4 Å². The minimum absolute atomic E-state index is 0.0134. The number of amides is 1. The highest BCUT2D eigenvalue weighted by atomic mass is 79.9. The number of nitrogens with two attached hydrogens (primary N) is 1. The number of sulfonamides is 1. The molecule has 1 aromatic rings. The number of hydrogen-bond donors (Lipinski definition) is 2. The van der Waals surface area contributed by atoms with Gasteiger partial charge in [0.15, 0.2) is 0 Å². The number of aryl methyl sites for hydroxylation is 1. The molecule has 0 saturated carbocycles. The molecule has 0 radical (unpaired) electrons. The fourth-order valence-electron chi connectivity index (χ4n) is 1.19. The van der Waals surface area contributed by atoms with Crippen LogP contribution in [0.15, 0.2) is 16.7 Å². The number of carbonyl (C=O) groups is 1. The lowest BCUT2D eigenvalue weighted by Crippen LogP contribution is -2.38. The fourth-order valence-corrected chi connectivity index (χ4v) is 2.03. The van der Waals surface area contributed by atoms with E-state index >= 15 is 0 Å². The van der Waals surface area contributed by atoms with Crippen LogP contribution >= 0.6 is 15.9 Å². The zero-order valence-corrected chi connectivity index (χ0v) is 11.9. The van der Waals surface area contributed by atoms with Crippen LogP contribution in [0.25, 0.3) is 0 Å². The highest BCUT2D eigenvalue weighted by Crippen LogP contribution is 2.13. The van der Waals surface area contributed by atoms with E-state index < -0.39 is 15.3 Å². The van der Waals surface area contributed by atoms with Crippen LogP contribution in [0.4, 0.5) is 0 Å². The molecule has 1 rings (SSSR count). The lowest BCUT2D eigenvalue weighted by molar-refractivity contribution is 0.0946. The zero-order chi connectivity index (χ0) is 13.2. The first-order valence-corrected chi connectivity index (χ1v) is 7.23. The van der Waals surface area contributed by atoms with Crippen molar-refractivity contribution < 1.29 is 13.2 Å². The molecule has 1 unspecified atom stereocenters. The Hall–Kier alpha value is -0.860. The monoisotopic (exact) mass is 323 g/mol. The molecule has 1 aromatic heterocycles. The third kappa shape index (κ3) is 3.83. The Balaban J connectivity index is 2.66. The van der Waals surface area contributed by atoms with Crippen LogP contribution in [-0.2, 0) is 17.1 Å². The Kier molecular flexibility index (Phi) is 4.34. The number of nitrogens with one attached hydrogen (secondary N) is 1. The average molecular weight is 324 g/mol. The maximum atomic E-state index is 11.7. The van der Waals surface area contributed by atoms with Gasteiger partial charge in [0.1, 0.15) is 5.69 Å². The fraction of sp³-hybridized carbons (Fsp3) is 0.444. The van der Waals surface area contributed by atoms with Gasteiger partial charge >= 0.3 is 0 Å². The van der Waals surface area contributed by atoms with Crippen molar-refractivity contribution in [2.75, 3.05) is 6.54 Å². The number of nitrogens with zero attached hydrogens (tertiary/aromatic N) is 1. The SMILES string of the molecule is CC(CNC(=O)c1cc(Br)cn1C)S(N)(=O)=O. The standard InChI is InChI=1S/C9H14BrN3O3S/c1-6(17(11,15)16)4-12-9(14)8-3-7(10)5-13(8)2/h3,5-6H,4H2,1-2H3,(H,12,14)(H2,11,15,16). The number of aromatic nitrogens is 1. The van der Waals surface area contributed by atoms with Crippen molar-refractivity contribution in [3.8, 4) is 0 Å². The van der Waals surface area contributed by atoms with Gasteiger partial charge in [-0.3, -0.25) is 4.79 Å². The average Bonchev–Trinajstić information content (AvgIpc) is 2.52. The Morgan fingerprint density at radius 1 is 1.65 bits per heavy atom. The quantitative estimate of drug-likeness (QED) is 0.828. The number of primary sulfonamides is 1. The number of halogens is 1. The number of hydrogen-bond acceptors (Lipinski definition) is 3. The van der Waals surface area contributed by atoms with E-state index in [1.165, 1.54) is 6.92 Å². The molecule has 8 heteroatoms. The summed E-state index contributed by atoms with van der Waals surface area (Å²) in [6, 6.07) is 1.65. The summed E-state index contributed by atoms with van der Waals surface area (Å²) in [6.07, 6.45) is 1.73. The van der Waals surface area contributed by atoms with Gasteiger partial charge in [-0.1, -0.05) is 0 Å². The summed E-state index contributed by atoms with van der Waals surface area (Å²) in [7, 11) is -1.89. The predicted molar refractivity (Wildman–Crippen MR) is 68.0 cm³/mol. The summed E-state index contributed by atoms with van der Waals surface area (Å²) in [6.45, 7) is 1.43. The van der Waals surface area contributed by atoms with E-state index in [4.69, 9.17) is 5.14 Å². The van der Waals surface area contributed by atoms with Crippen LogP contribution in [0.2, 0.25) is 0 Å². The van der Waals surface area contributed by atoms with E-state index in [9.17, 15) is 13.2 Å². The van der Waals surface area contributed by atoms with Crippen molar-refractivity contribution in [1.82, 2.24) is 9.88 Å². The normalized spacial score (nSPS) is 13.4. The van der Waals surface area contributed by atoms with E-state index in [0.29, 0.717) is 5.69 Å². The molecule has 0 saturated heterocycles. The summed E-state index contributed by atoms with van der Waals surface area (Å²) >= 11 is 3.25. The number of carbonyl (C=O) groups excluding carboxylic acids is 1. The van der Waals surface area contributed by atoms with E-state index in [0.717, 1.165) is 4.47 Å². The molecule has 0 bridgehead atoms. The Morgan fingerprint density at radius 2 is 2.24 bits per heavy atom. The Bertz CT molecular complexity index is 524. The molecular weight excluding hydrogens is 310 g/mol. The maximum absolute atomic E-state index is 11.7. The van der Waals surface area contributed by atoms with Gasteiger partial charge in [0.25, 0.3) is 5.91 Å². The van der Waals surface area contributed by atoms with Crippen molar-refractivity contribution in [3.05, 3.63) is 22.4 Å². The zero-order valence-electron chi connectivity index (χ0n) is 9.47. The van der Waals surface area contributed by atoms with Crippen molar-refractivity contribution >= 4 is 31.9 Å². The molecule has 6 nitrogen and oxygen atoms in total. The van der Waals surface area contributed by atoms with E-state index in [1.54, 1.807) is 23.9 Å². The second-order valence-electron chi connectivity index (χ2n) is 3.76. The largest absolute Gasteiger partial charge is 0.349 e. The van der Waals surface area contributed by atoms with Crippen molar-refractivity contribution in [3.63, 3.8) is 0 Å². The molecule has 1 amide bonds. The summed E-state index contributed by atoms with van der Waals surface area (Å²) in [5.41, 5.74) is 0.443. The first kappa shape index (κ1) is 14.2. The van der Waals surface area contributed by atoms with Gasteiger partial charge in [-0.05, 0) is 28.9 Å². The molecule has 0 aliphatic heterocycles. The first-order chi connectivity index (χ1) is 7.71. The molecule has 3 N–H and O–H groups in total. The lowest BCUT2D eigenvalue weighted by Gasteiger charge is -2.10. The highest BCUT2D eigenvalue weighted by molar-refractivity contribution is 9.10. The van der Waals surface area contributed by atoms with Crippen molar-refractivity contribution in [2.24, 2.45) is 12.2 Å². The topological polar surface area (TPSA) is 94.2 Å². The summed E-state index contributed by atoms with van der Waals surface area (Å²) in [4.78, 5) is 11.7. The minimum atomic E-state index is -3.62. The Morgan fingerprint density at radius 3 is 2.65 bits per heavy atom. The van der Waals surface area contributed by atoms with Crippen LogP contribution in [0.5, 0.6) is 0 Å². The van der Waals surface area contributed by atoms with Crippen LogP contribution in [0, 0.1) is 0 Å². The first-order valence-electron chi connectivity index (χ1n) is 4.83. The summed E-state index contributed by atoms with van der Waals surface area (Å²) in [5, 5.41) is 6.66. The molecule has 17 heavy (non-hydrogen) atoms. The third-order valence-corrected chi connectivity index (χ3v) is 4.04. The third-order valence-electron chi connectivity index (χ3n) is 2.32. The highest BCUT2D eigenvalue weighted by Gasteiger charge is 2.18. The molecule has 1 heterocycles. The minimum Gasteiger partial charge on any atom is -0.349 e. The van der Waals surface area contributed by atoms with Gasteiger partial charge < -0.3 is 9.88 Å². The predicted octanol–water partition coefficient (Wildman–Crippen LogP) is 0.194. The van der Waals surface area contributed by atoms with Crippen LogP contribution in [-0.4, -0.2) is 30.7 Å². The second-order valence-corrected chi connectivity index (χ2v) is 6.66. The van der Waals surface area contributed by atoms with Crippen LogP contribution < -0.4 is 10.5 Å². The molecule has 0 spiro atoms. The van der Waals surface area contributed by atoms with Gasteiger partial charge in [0.05, 0.1) is 5.25 Å². The second kappa shape index (κ2) is 5.19. The van der Waals surface area contributed by atoms with Crippen molar-refractivity contribution in [2.45, 2.75) is 12.2 Å². The van der Waals surface area contributed by atoms with Gasteiger partial charge in [-0.15, -0.1) is 0 Å². The molecule has 0 aliphatic carbocycles. The van der Waals surface area contributed by atoms with Gasteiger partial charge in [0, 0.05) is 24.3 Å². The smallest absolute Gasteiger partial charge is 0.267 e. The molecule has 96 valence electrons. The van der Waals surface area contributed by atoms with Crippen molar-refractivity contribution in [1.29, 1.82) is 0 Å². The lowest BCUT2D eigenvalue weighted by atomic mass is 10.4. The van der Waals surface area contributed by atoms with E-state index in [-0.39, 0.29) is 12.5 Å². The molecule has 0 aliphatic rings. The van der Waals surface area contributed by atoms with E-state index in [2.05, 4.69) is 21.2 Å². The van der Waals surface area contributed by atoms with Gasteiger partial charge in [0.2, 0.25) is 10.0 Å². The molecule has 0 fully saturated rings. The molecule has 0 aromatic carbocycles. The Labute approximate surface area is 108 Å². The van der Waals surface area contributed by atoms with Gasteiger partial charge in [-0.2, -0.15) is 0 Å². The summed E-state index contributed by atoms with van der Waals surface area (Å²) in [5.74, 6) is -0.339. The summed E-state index contributed by atoms with van der Waals surface area (Å²) < 4.78 is 24.4. The number of rotatable bonds is 4. The van der Waals surface area contributed by atoms with Crippen LogP contribution in [0.3, 0.4) is 0 Å². The maximum Gasteiger partial charge on any atom is 0.267 e.